The zero-order valence-electron chi connectivity index (χ0n) is 15.8. The maximum absolute atomic E-state index is 6.11. The highest BCUT2D eigenvalue weighted by Crippen LogP contribution is 2.28. The predicted molar refractivity (Wildman–Crippen MR) is 104 cm³/mol. The molecular weight excluding hydrogens is 376 g/mol. The van der Waals surface area contributed by atoms with Crippen molar-refractivity contribution in [1.82, 2.24) is 14.9 Å². The molecule has 0 radical (unpaired) electrons. The highest BCUT2D eigenvalue weighted by atomic mass is 16.6. The van der Waals surface area contributed by atoms with Gasteiger partial charge in [0.25, 0.3) is 0 Å². The summed E-state index contributed by atoms with van der Waals surface area (Å²) < 4.78 is 30.2. The summed E-state index contributed by atoms with van der Waals surface area (Å²) >= 11 is 0. The van der Waals surface area contributed by atoms with Gasteiger partial charge in [0.15, 0.2) is 34.6 Å². The molecular formula is C20H22N4O5. The minimum absolute atomic E-state index is 0.139. The lowest BCUT2D eigenvalue weighted by Crippen LogP contribution is -2.19. The van der Waals surface area contributed by atoms with Crippen molar-refractivity contribution < 1.29 is 23.7 Å². The maximum Gasteiger partial charge on any atom is 0.189 e. The number of rotatable bonds is 0. The van der Waals surface area contributed by atoms with E-state index in [1.165, 1.54) is 4.68 Å². The van der Waals surface area contributed by atoms with Crippen LogP contribution in [-0.4, -0.2) is 41.3 Å². The van der Waals surface area contributed by atoms with Crippen molar-refractivity contribution in [2.45, 2.75) is 13.2 Å². The molecule has 3 aromatic rings. The quantitative estimate of drug-likeness (QED) is 0.573. The summed E-state index contributed by atoms with van der Waals surface area (Å²) in [6.45, 7) is 1.90. The van der Waals surface area contributed by atoms with E-state index >= 15 is 0 Å². The topological polar surface area (TPSA) is 103 Å². The van der Waals surface area contributed by atoms with Crippen molar-refractivity contribution in [1.29, 1.82) is 0 Å². The Morgan fingerprint density at radius 3 is 1.48 bits per heavy atom. The molecule has 4 rings (SSSR count). The van der Waals surface area contributed by atoms with E-state index in [2.05, 4.69) is 10.2 Å². The Morgan fingerprint density at radius 2 is 1.03 bits per heavy atom. The van der Waals surface area contributed by atoms with Gasteiger partial charge in [0, 0.05) is 0 Å². The largest absolute Gasteiger partial charge is 0.487 e. The smallest absolute Gasteiger partial charge is 0.189 e. The van der Waals surface area contributed by atoms with Gasteiger partial charge in [-0.1, -0.05) is 24.3 Å². The predicted octanol–water partition coefficient (Wildman–Crippen LogP) is 1.94. The lowest BCUT2D eigenvalue weighted by atomic mass is 10.3. The number of nitrogens with zero attached hydrogens (tertiary/aromatic N) is 3. The molecule has 0 aliphatic carbocycles. The van der Waals surface area contributed by atoms with Crippen LogP contribution in [0.2, 0.25) is 0 Å². The Hall–Kier alpha value is -3.46. The molecule has 1 aliphatic rings. The lowest BCUT2D eigenvalue weighted by molar-refractivity contribution is 0.0743. The van der Waals surface area contributed by atoms with Crippen LogP contribution in [0.4, 0.5) is 0 Å². The second kappa shape index (κ2) is 9.16. The first-order valence-corrected chi connectivity index (χ1v) is 9.26. The summed E-state index contributed by atoms with van der Waals surface area (Å²) in [4.78, 5) is 0. The first kappa shape index (κ1) is 18.9. The van der Waals surface area contributed by atoms with Crippen LogP contribution in [0.15, 0.2) is 48.5 Å². The van der Waals surface area contributed by atoms with Crippen LogP contribution in [0.3, 0.4) is 0 Å². The van der Waals surface area contributed by atoms with Gasteiger partial charge in [0.05, 0.1) is 13.2 Å². The number of nitrogens with two attached hydrogens (primary N) is 1. The van der Waals surface area contributed by atoms with E-state index in [-0.39, 0.29) is 13.2 Å². The normalized spacial score (nSPS) is 15.2. The fourth-order valence-corrected chi connectivity index (χ4v) is 2.74. The Balaban J connectivity index is 1.54. The molecule has 29 heavy (non-hydrogen) atoms. The van der Waals surface area contributed by atoms with Crippen LogP contribution in [0.1, 0.15) is 11.6 Å². The second-order valence-corrected chi connectivity index (χ2v) is 6.18. The molecule has 0 fully saturated rings. The molecule has 2 N–H and O–H groups in total. The van der Waals surface area contributed by atoms with Gasteiger partial charge >= 0.3 is 0 Å². The van der Waals surface area contributed by atoms with E-state index in [1.54, 1.807) is 0 Å². The molecule has 0 saturated carbocycles. The summed E-state index contributed by atoms with van der Waals surface area (Å²) in [5.74, 6) is 9.46. The summed E-state index contributed by atoms with van der Waals surface area (Å²) in [6, 6.07) is 14.8. The second-order valence-electron chi connectivity index (χ2n) is 6.18. The fraction of sp³-hybridized carbons (Fsp3) is 0.300. The van der Waals surface area contributed by atoms with Gasteiger partial charge in [-0.25, -0.2) is 4.68 Å². The minimum Gasteiger partial charge on any atom is -0.487 e. The van der Waals surface area contributed by atoms with Gasteiger partial charge in [-0.15, -0.1) is 10.2 Å². The number of nitrogen functional groups attached to an aromatic ring is 1. The number of ether oxygens (including phenoxy) is 5. The van der Waals surface area contributed by atoms with Crippen LogP contribution in [0.25, 0.3) is 0 Å². The SMILES string of the molecule is Nn1c2nnc1COc1ccccc1OCCOCCOc1ccccc1OC2. The number of para-hydroxylation sites is 4. The molecule has 152 valence electrons. The third kappa shape index (κ3) is 4.69. The lowest BCUT2D eigenvalue weighted by Gasteiger charge is -2.14. The molecule has 1 aromatic heterocycles. The molecule has 2 bridgehead atoms. The molecule has 1 aliphatic heterocycles. The maximum atomic E-state index is 6.11. The summed E-state index contributed by atoms with van der Waals surface area (Å²) in [5, 5.41) is 8.19. The van der Waals surface area contributed by atoms with Crippen molar-refractivity contribution in [2.24, 2.45) is 0 Å². The third-order valence-corrected chi connectivity index (χ3v) is 4.22. The summed E-state index contributed by atoms with van der Waals surface area (Å²) in [6.07, 6.45) is 0. The zero-order chi connectivity index (χ0) is 19.9. The Kier molecular flexibility index (Phi) is 5.96. The van der Waals surface area contributed by atoms with Gasteiger partial charge in [0.1, 0.15) is 26.4 Å². The molecule has 0 amide bonds. The van der Waals surface area contributed by atoms with Crippen molar-refractivity contribution in [3.8, 4) is 23.0 Å². The van der Waals surface area contributed by atoms with Crippen LogP contribution in [0.5, 0.6) is 23.0 Å². The molecule has 2 heterocycles. The van der Waals surface area contributed by atoms with Crippen molar-refractivity contribution >= 4 is 0 Å². The molecule has 9 nitrogen and oxygen atoms in total. The van der Waals surface area contributed by atoms with E-state index in [0.717, 1.165) is 0 Å². The highest BCUT2D eigenvalue weighted by Gasteiger charge is 2.14. The van der Waals surface area contributed by atoms with Crippen molar-refractivity contribution in [2.75, 3.05) is 32.3 Å². The number of hydrogen-bond acceptors (Lipinski definition) is 8. The zero-order valence-corrected chi connectivity index (χ0v) is 15.8. The Bertz CT molecular complexity index is 873. The Morgan fingerprint density at radius 1 is 0.621 bits per heavy atom. The average molecular weight is 398 g/mol. The monoisotopic (exact) mass is 398 g/mol. The molecule has 2 aromatic carbocycles. The van der Waals surface area contributed by atoms with E-state index in [9.17, 15) is 0 Å². The van der Waals surface area contributed by atoms with Gasteiger partial charge in [-0.2, -0.15) is 0 Å². The molecule has 0 saturated heterocycles. The number of benzene rings is 2. The van der Waals surface area contributed by atoms with E-state index in [0.29, 0.717) is 61.1 Å². The molecule has 0 unspecified atom stereocenters. The van der Waals surface area contributed by atoms with Crippen LogP contribution >= 0.6 is 0 Å². The average Bonchev–Trinajstić information content (AvgIpc) is 3.10. The summed E-state index contributed by atoms with van der Waals surface area (Å²) in [7, 11) is 0. The minimum atomic E-state index is 0.139. The molecule has 9 heteroatoms. The Labute approximate surface area is 167 Å². The van der Waals surface area contributed by atoms with Gasteiger partial charge in [-0.3, -0.25) is 0 Å². The van der Waals surface area contributed by atoms with Gasteiger partial charge in [0.2, 0.25) is 0 Å². The standard InChI is InChI=1S/C20H22N4O5/c21-24-19-13-28-17-7-3-1-5-15(17)26-11-9-25-10-12-27-16-6-2-4-8-18(16)29-14-20(24)23-22-19/h1-8H,9-14,21H2. The summed E-state index contributed by atoms with van der Waals surface area (Å²) in [5.41, 5.74) is 0. The molecule has 0 spiro atoms. The first-order chi connectivity index (χ1) is 14.3. The number of aromatic nitrogens is 3. The highest BCUT2D eigenvalue weighted by molar-refractivity contribution is 5.40. The van der Waals surface area contributed by atoms with E-state index in [4.69, 9.17) is 29.5 Å². The van der Waals surface area contributed by atoms with E-state index in [1.807, 2.05) is 48.5 Å². The molecule has 0 atom stereocenters. The van der Waals surface area contributed by atoms with Crippen LogP contribution < -0.4 is 24.8 Å². The third-order valence-electron chi connectivity index (χ3n) is 4.22. The van der Waals surface area contributed by atoms with Crippen molar-refractivity contribution in [3.05, 3.63) is 60.2 Å². The van der Waals surface area contributed by atoms with Crippen molar-refractivity contribution in [3.63, 3.8) is 0 Å². The van der Waals surface area contributed by atoms with E-state index < -0.39 is 0 Å². The van der Waals surface area contributed by atoms with Crippen LogP contribution in [-0.2, 0) is 18.0 Å². The van der Waals surface area contributed by atoms with Gasteiger partial charge < -0.3 is 29.5 Å². The van der Waals surface area contributed by atoms with Crippen LogP contribution in [0, 0.1) is 0 Å². The van der Waals surface area contributed by atoms with Gasteiger partial charge in [-0.05, 0) is 24.3 Å². The first-order valence-electron chi connectivity index (χ1n) is 9.26. The number of hydrogen-bond donors (Lipinski definition) is 1. The fourth-order valence-electron chi connectivity index (χ4n) is 2.74. The number of fused-ring (bicyclic) bond motifs is 4.